The summed E-state index contributed by atoms with van der Waals surface area (Å²) in [6.07, 6.45) is 0.904. The lowest BCUT2D eigenvalue weighted by Crippen LogP contribution is -2.36. The summed E-state index contributed by atoms with van der Waals surface area (Å²) in [6, 6.07) is 7.52. The molecule has 2 rings (SSSR count). The number of anilines is 1. The Balaban J connectivity index is 1.84. The maximum Gasteiger partial charge on any atom is 0.214 e. The Kier molecular flexibility index (Phi) is 5.92. The van der Waals surface area contributed by atoms with Gasteiger partial charge in [-0.3, -0.25) is 0 Å². The van der Waals surface area contributed by atoms with Gasteiger partial charge in [0.05, 0.1) is 5.75 Å². The summed E-state index contributed by atoms with van der Waals surface area (Å²) in [5, 5.41) is 0. The first-order valence-corrected chi connectivity index (χ1v) is 9.71. The average molecular weight is 329 g/mol. The second kappa shape index (κ2) is 7.49. The van der Waals surface area contributed by atoms with Gasteiger partial charge >= 0.3 is 0 Å². The van der Waals surface area contributed by atoms with Gasteiger partial charge in [-0.1, -0.05) is 0 Å². The molecule has 0 spiro atoms. The predicted octanol–water partition coefficient (Wildman–Crippen LogP) is 1.33. The van der Waals surface area contributed by atoms with E-state index in [9.17, 15) is 8.42 Å². The highest BCUT2D eigenvalue weighted by Gasteiger charge is 2.23. The highest BCUT2D eigenvalue weighted by Crippen LogP contribution is 2.20. The fourth-order valence-corrected chi connectivity index (χ4v) is 5.02. The smallest absolute Gasteiger partial charge is 0.214 e. The summed E-state index contributed by atoms with van der Waals surface area (Å²) in [6.45, 7) is 3.02. The molecule has 0 aromatic heterocycles. The summed E-state index contributed by atoms with van der Waals surface area (Å²) in [5.41, 5.74) is 6.36. The first kappa shape index (κ1) is 16.6. The maximum atomic E-state index is 12.4. The van der Waals surface area contributed by atoms with Gasteiger partial charge in [-0.05, 0) is 44.3 Å². The SMILES string of the molecule is CN1CCCN(S(=O)(=O)CCSc2ccc(N)cc2)CC1. The zero-order valence-electron chi connectivity index (χ0n) is 12.4. The summed E-state index contributed by atoms with van der Waals surface area (Å²) >= 11 is 1.55. The molecule has 0 bridgehead atoms. The molecule has 0 radical (unpaired) electrons. The van der Waals surface area contributed by atoms with Crippen LogP contribution in [-0.2, 0) is 10.0 Å². The number of sulfonamides is 1. The van der Waals surface area contributed by atoms with E-state index in [0.29, 0.717) is 18.8 Å². The molecule has 0 saturated carbocycles. The van der Waals surface area contributed by atoms with Crippen molar-refractivity contribution in [2.24, 2.45) is 0 Å². The second-order valence-corrected chi connectivity index (χ2v) is 8.55. The van der Waals surface area contributed by atoms with Crippen LogP contribution in [0.2, 0.25) is 0 Å². The molecular weight excluding hydrogens is 306 g/mol. The normalized spacial score (nSPS) is 18.5. The quantitative estimate of drug-likeness (QED) is 0.652. The van der Waals surface area contributed by atoms with Crippen LogP contribution in [-0.4, -0.2) is 62.4 Å². The molecule has 1 heterocycles. The molecule has 5 nitrogen and oxygen atoms in total. The fourth-order valence-electron chi connectivity index (χ4n) is 2.26. The number of nitrogens with zero attached hydrogens (tertiary/aromatic N) is 2. The van der Waals surface area contributed by atoms with Crippen LogP contribution in [0.25, 0.3) is 0 Å². The zero-order valence-corrected chi connectivity index (χ0v) is 14.0. The lowest BCUT2D eigenvalue weighted by molar-refractivity contribution is 0.347. The lowest BCUT2D eigenvalue weighted by Gasteiger charge is -2.20. The number of thioether (sulfide) groups is 1. The molecule has 1 saturated heterocycles. The Morgan fingerprint density at radius 2 is 1.86 bits per heavy atom. The van der Waals surface area contributed by atoms with Crippen molar-refractivity contribution in [3.63, 3.8) is 0 Å². The van der Waals surface area contributed by atoms with Crippen LogP contribution >= 0.6 is 11.8 Å². The minimum atomic E-state index is -3.15. The Hall–Kier alpha value is -0.760. The second-order valence-electron chi connectivity index (χ2n) is 5.29. The molecule has 7 heteroatoms. The summed E-state index contributed by atoms with van der Waals surface area (Å²) in [4.78, 5) is 3.23. The van der Waals surface area contributed by atoms with E-state index < -0.39 is 10.0 Å². The van der Waals surface area contributed by atoms with E-state index in [1.165, 1.54) is 0 Å². The van der Waals surface area contributed by atoms with Crippen molar-refractivity contribution in [1.29, 1.82) is 0 Å². The molecule has 1 aliphatic rings. The minimum Gasteiger partial charge on any atom is -0.399 e. The van der Waals surface area contributed by atoms with Crippen molar-refractivity contribution in [2.45, 2.75) is 11.3 Å². The van der Waals surface area contributed by atoms with E-state index in [1.54, 1.807) is 16.1 Å². The number of rotatable bonds is 5. The number of hydrogen-bond acceptors (Lipinski definition) is 5. The van der Waals surface area contributed by atoms with Gasteiger partial charge in [0, 0.05) is 36.0 Å². The summed E-state index contributed by atoms with van der Waals surface area (Å²) in [5.74, 6) is 0.754. The van der Waals surface area contributed by atoms with Crippen LogP contribution in [0.15, 0.2) is 29.2 Å². The van der Waals surface area contributed by atoms with Gasteiger partial charge in [0.2, 0.25) is 10.0 Å². The molecule has 1 fully saturated rings. The third-order valence-electron chi connectivity index (χ3n) is 3.56. The summed E-state index contributed by atoms with van der Waals surface area (Å²) < 4.78 is 26.4. The Morgan fingerprint density at radius 3 is 2.57 bits per heavy atom. The van der Waals surface area contributed by atoms with Crippen LogP contribution in [0.1, 0.15) is 6.42 Å². The number of nitrogens with two attached hydrogens (primary N) is 1. The van der Waals surface area contributed by atoms with Crippen molar-refractivity contribution in [2.75, 3.05) is 50.5 Å². The Bertz CT molecular complexity index is 546. The maximum absolute atomic E-state index is 12.4. The van der Waals surface area contributed by atoms with Crippen molar-refractivity contribution in [1.82, 2.24) is 9.21 Å². The Labute approximate surface area is 131 Å². The molecule has 0 unspecified atom stereocenters. The average Bonchev–Trinajstić information content (AvgIpc) is 2.66. The molecule has 0 atom stereocenters. The van der Waals surface area contributed by atoms with Crippen molar-refractivity contribution in [3.8, 4) is 0 Å². The molecule has 1 aromatic carbocycles. The van der Waals surface area contributed by atoms with Gasteiger partial charge < -0.3 is 10.6 Å². The van der Waals surface area contributed by atoms with E-state index in [4.69, 9.17) is 5.73 Å². The fraction of sp³-hybridized carbons (Fsp3) is 0.571. The van der Waals surface area contributed by atoms with Gasteiger partial charge in [0.15, 0.2) is 0 Å². The molecule has 0 amide bonds. The van der Waals surface area contributed by atoms with Gasteiger partial charge in [-0.15, -0.1) is 11.8 Å². The number of nitrogen functional groups attached to an aromatic ring is 1. The number of benzene rings is 1. The molecule has 1 aromatic rings. The largest absolute Gasteiger partial charge is 0.399 e. The molecule has 0 aliphatic carbocycles. The summed E-state index contributed by atoms with van der Waals surface area (Å²) in [7, 11) is -1.11. The zero-order chi connectivity index (χ0) is 15.3. The van der Waals surface area contributed by atoms with Gasteiger partial charge in [-0.2, -0.15) is 0 Å². The van der Waals surface area contributed by atoms with Crippen LogP contribution in [0.5, 0.6) is 0 Å². The van der Waals surface area contributed by atoms with Gasteiger partial charge in [-0.25, -0.2) is 12.7 Å². The van der Waals surface area contributed by atoms with Crippen LogP contribution in [0.4, 0.5) is 5.69 Å². The van der Waals surface area contributed by atoms with Gasteiger partial charge in [0.1, 0.15) is 0 Å². The molecule has 2 N–H and O–H groups in total. The molecule has 118 valence electrons. The van der Waals surface area contributed by atoms with Crippen molar-refractivity contribution in [3.05, 3.63) is 24.3 Å². The van der Waals surface area contributed by atoms with Crippen LogP contribution < -0.4 is 5.73 Å². The highest BCUT2D eigenvalue weighted by atomic mass is 32.2. The standard InChI is InChI=1S/C14H23N3O2S2/c1-16-7-2-8-17(10-9-16)21(18,19)12-11-20-14-5-3-13(15)4-6-14/h3-6H,2,7-12,15H2,1H3. The van der Waals surface area contributed by atoms with Crippen LogP contribution in [0.3, 0.4) is 0 Å². The topological polar surface area (TPSA) is 66.6 Å². The first-order valence-electron chi connectivity index (χ1n) is 7.12. The lowest BCUT2D eigenvalue weighted by atomic mass is 10.3. The van der Waals surface area contributed by atoms with E-state index >= 15 is 0 Å². The first-order chi connectivity index (χ1) is 9.97. The van der Waals surface area contributed by atoms with Crippen molar-refractivity contribution >= 4 is 27.5 Å². The number of likely N-dealkylation sites (N-methyl/N-ethyl adjacent to an activating group) is 1. The monoisotopic (exact) mass is 329 g/mol. The van der Waals surface area contributed by atoms with E-state index in [2.05, 4.69) is 4.90 Å². The third kappa shape index (κ3) is 5.18. The van der Waals surface area contributed by atoms with E-state index in [-0.39, 0.29) is 5.75 Å². The van der Waals surface area contributed by atoms with Crippen molar-refractivity contribution < 1.29 is 8.42 Å². The van der Waals surface area contributed by atoms with Gasteiger partial charge in [0.25, 0.3) is 0 Å². The molecular formula is C14H23N3O2S2. The number of hydrogen-bond donors (Lipinski definition) is 1. The van der Waals surface area contributed by atoms with E-state index in [1.807, 2.05) is 31.3 Å². The van der Waals surface area contributed by atoms with E-state index in [0.717, 1.165) is 30.1 Å². The third-order valence-corrected chi connectivity index (χ3v) is 6.71. The highest BCUT2D eigenvalue weighted by molar-refractivity contribution is 8.00. The Morgan fingerprint density at radius 1 is 1.14 bits per heavy atom. The predicted molar refractivity (Wildman–Crippen MR) is 89.1 cm³/mol. The van der Waals surface area contributed by atoms with Crippen LogP contribution in [0, 0.1) is 0 Å². The minimum absolute atomic E-state index is 0.186. The molecule has 21 heavy (non-hydrogen) atoms. The molecule has 1 aliphatic heterocycles.